The summed E-state index contributed by atoms with van der Waals surface area (Å²) in [7, 11) is 0.922. The molecule has 0 aliphatic carbocycles. The zero-order valence-electron chi connectivity index (χ0n) is 11.0. The van der Waals surface area contributed by atoms with Gasteiger partial charge in [-0.25, -0.2) is 0 Å². The van der Waals surface area contributed by atoms with Crippen LogP contribution in [0.3, 0.4) is 0 Å². The summed E-state index contributed by atoms with van der Waals surface area (Å²) >= 11 is 0. The van der Waals surface area contributed by atoms with Crippen LogP contribution in [0.1, 0.15) is 5.56 Å². The summed E-state index contributed by atoms with van der Waals surface area (Å²) in [5, 5.41) is 2.30. The molecule has 3 heteroatoms. The van der Waals surface area contributed by atoms with Gasteiger partial charge in [-0.15, -0.1) is 0 Å². The van der Waals surface area contributed by atoms with E-state index in [1.165, 1.54) is 10.8 Å². The lowest BCUT2D eigenvalue weighted by molar-refractivity contribution is 0.272. The van der Waals surface area contributed by atoms with E-state index in [-0.39, 0.29) is 0 Å². The Balaban J connectivity index is 2.62. The van der Waals surface area contributed by atoms with E-state index >= 15 is 0 Å². The van der Waals surface area contributed by atoms with Crippen LogP contribution in [0.2, 0.25) is 0 Å². The Morgan fingerprint density at radius 1 is 0.778 bits per heavy atom. The van der Waals surface area contributed by atoms with Gasteiger partial charge in [0.25, 0.3) is 0 Å². The van der Waals surface area contributed by atoms with Crippen LogP contribution in [0, 0.1) is 6.92 Å². The van der Waals surface area contributed by atoms with Gasteiger partial charge in [0, 0.05) is 19.4 Å². The highest BCUT2D eigenvalue weighted by Gasteiger charge is 2.41. The molecule has 18 heavy (non-hydrogen) atoms. The van der Waals surface area contributed by atoms with Crippen molar-refractivity contribution in [3.63, 3.8) is 0 Å². The van der Waals surface area contributed by atoms with Crippen molar-refractivity contribution in [1.29, 1.82) is 0 Å². The van der Waals surface area contributed by atoms with Crippen LogP contribution in [0.15, 0.2) is 54.6 Å². The Morgan fingerprint density at radius 2 is 1.33 bits per heavy atom. The van der Waals surface area contributed by atoms with Crippen LogP contribution >= 0.6 is 0 Å². The molecule has 94 valence electrons. The van der Waals surface area contributed by atoms with Crippen LogP contribution in [0.5, 0.6) is 0 Å². The summed E-state index contributed by atoms with van der Waals surface area (Å²) in [5.41, 5.74) is 1.21. The van der Waals surface area contributed by atoms with Gasteiger partial charge < -0.3 is 8.85 Å². The molecular formula is C15H18O2Si. The Morgan fingerprint density at radius 3 is 1.89 bits per heavy atom. The molecule has 0 saturated carbocycles. The molecule has 0 heterocycles. The van der Waals surface area contributed by atoms with E-state index in [9.17, 15) is 0 Å². The van der Waals surface area contributed by atoms with Crippen molar-refractivity contribution in [2.75, 3.05) is 14.2 Å². The average Bonchev–Trinajstić information content (AvgIpc) is 2.44. The highest BCUT2D eigenvalue weighted by atomic mass is 28.4. The lowest BCUT2D eigenvalue weighted by Crippen LogP contribution is -2.63. The summed E-state index contributed by atoms with van der Waals surface area (Å²) in [5.74, 6) is 0. The SMILES string of the molecule is CO[Si](OC)(c1ccccc1)c1ccccc1C. The lowest BCUT2D eigenvalue weighted by Gasteiger charge is -2.29. The van der Waals surface area contributed by atoms with Gasteiger partial charge in [0.05, 0.1) is 0 Å². The van der Waals surface area contributed by atoms with E-state index in [0.717, 1.165) is 5.19 Å². The molecule has 0 bridgehead atoms. The van der Waals surface area contributed by atoms with Crippen molar-refractivity contribution in [2.45, 2.75) is 6.92 Å². The van der Waals surface area contributed by atoms with Crippen molar-refractivity contribution in [3.05, 3.63) is 60.2 Å². The normalized spacial score (nSPS) is 11.5. The number of rotatable bonds is 4. The van der Waals surface area contributed by atoms with E-state index in [1.807, 2.05) is 30.3 Å². The molecule has 0 aliphatic heterocycles. The Bertz CT molecular complexity index is 507. The maximum atomic E-state index is 5.86. The Kier molecular flexibility index (Phi) is 3.96. The molecule has 2 aromatic rings. The van der Waals surface area contributed by atoms with Gasteiger partial charge in [-0.3, -0.25) is 0 Å². The predicted molar refractivity (Wildman–Crippen MR) is 76.7 cm³/mol. The van der Waals surface area contributed by atoms with Crippen LogP contribution in [-0.4, -0.2) is 22.8 Å². The molecule has 0 saturated heterocycles. The van der Waals surface area contributed by atoms with Gasteiger partial charge in [0.1, 0.15) is 0 Å². The van der Waals surface area contributed by atoms with E-state index in [0.29, 0.717) is 0 Å². The van der Waals surface area contributed by atoms with Gasteiger partial charge in [-0.1, -0.05) is 54.6 Å². The molecule has 0 aromatic heterocycles. The maximum Gasteiger partial charge on any atom is 0.406 e. The average molecular weight is 258 g/mol. The molecule has 0 spiro atoms. The van der Waals surface area contributed by atoms with Gasteiger partial charge in [-0.05, 0) is 17.7 Å². The zero-order valence-corrected chi connectivity index (χ0v) is 12.0. The highest BCUT2D eigenvalue weighted by Crippen LogP contribution is 2.10. The Hall–Kier alpha value is -1.42. The zero-order chi connectivity index (χ0) is 13.0. The second kappa shape index (κ2) is 5.48. The number of hydrogen-bond acceptors (Lipinski definition) is 2. The number of aryl methyl sites for hydroxylation is 1. The first kappa shape index (κ1) is 13.0. The maximum absolute atomic E-state index is 5.86. The van der Waals surface area contributed by atoms with Crippen LogP contribution in [0.4, 0.5) is 0 Å². The lowest BCUT2D eigenvalue weighted by atomic mass is 10.2. The van der Waals surface area contributed by atoms with Gasteiger partial charge in [0.2, 0.25) is 0 Å². The van der Waals surface area contributed by atoms with Crippen molar-refractivity contribution in [3.8, 4) is 0 Å². The number of hydrogen-bond donors (Lipinski definition) is 0. The minimum Gasteiger partial charge on any atom is -0.391 e. The monoisotopic (exact) mass is 258 g/mol. The first-order chi connectivity index (χ1) is 8.74. The second-order valence-electron chi connectivity index (χ2n) is 4.21. The van der Waals surface area contributed by atoms with Crippen LogP contribution < -0.4 is 10.4 Å². The largest absolute Gasteiger partial charge is 0.406 e. The standard InChI is InChI=1S/C15H18O2Si/c1-13-9-7-8-12-15(13)18(16-2,17-3)14-10-5-4-6-11-14/h4-12H,1-3H3. The first-order valence-corrected chi connectivity index (χ1v) is 7.78. The molecule has 0 N–H and O–H groups in total. The first-order valence-electron chi connectivity index (χ1n) is 5.96. The van der Waals surface area contributed by atoms with Crippen molar-refractivity contribution < 1.29 is 8.85 Å². The smallest absolute Gasteiger partial charge is 0.391 e. The van der Waals surface area contributed by atoms with E-state index in [4.69, 9.17) is 8.85 Å². The van der Waals surface area contributed by atoms with E-state index < -0.39 is 8.56 Å². The highest BCUT2D eigenvalue weighted by molar-refractivity contribution is 6.92. The quantitative estimate of drug-likeness (QED) is 0.779. The fourth-order valence-electron chi connectivity index (χ4n) is 2.29. The van der Waals surface area contributed by atoms with Crippen LogP contribution in [-0.2, 0) is 8.85 Å². The Labute approximate surface area is 109 Å². The van der Waals surface area contributed by atoms with Gasteiger partial charge >= 0.3 is 8.56 Å². The fourth-order valence-corrected chi connectivity index (χ4v) is 5.23. The number of benzene rings is 2. The summed E-state index contributed by atoms with van der Waals surface area (Å²) in [6.45, 7) is 2.10. The molecule has 2 rings (SSSR count). The minimum atomic E-state index is -2.54. The van der Waals surface area contributed by atoms with Gasteiger partial charge in [0.15, 0.2) is 0 Å². The van der Waals surface area contributed by atoms with Crippen LogP contribution in [0.25, 0.3) is 0 Å². The van der Waals surface area contributed by atoms with Crippen molar-refractivity contribution in [2.24, 2.45) is 0 Å². The minimum absolute atomic E-state index is 1.13. The molecule has 0 radical (unpaired) electrons. The summed E-state index contributed by atoms with van der Waals surface area (Å²) in [6.07, 6.45) is 0. The van der Waals surface area contributed by atoms with E-state index in [2.05, 4.69) is 31.2 Å². The molecule has 0 fully saturated rings. The van der Waals surface area contributed by atoms with Crippen molar-refractivity contribution >= 4 is 18.9 Å². The summed E-state index contributed by atoms with van der Waals surface area (Å²) < 4.78 is 11.7. The molecule has 0 aliphatic rings. The molecule has 0 amide bonds. The molecule has 0 atom stereocenters. The third-order valence-corrected chi connectivity index (χ3v) is 6.74. The summed E-state index contributed by atoms with van der Waals surface area (Å²) in [4.78, 5) is 0. The van der Waals surface area contributed by atoms with Crippen molar-refractivity contribution in [1.82, 2.24) is 0 Å². The summed E-state index contributed by atoms with van der Waals surface area (Å²) in [6, 6.07) is 18.5. The second-order valence-corrected chi connectivity index (χ2v) is 7.37. The van der Waals surface area contributed by atoms with Gasteiger partial charge in [-0.2, -0.15) is 0 Å². The third-order valence-electron chi connectivity index (χ3n) is 3.23. The third kappa shape index (κ3) is 2.12. The molecule has 0 unspecified atom stereocenters. The topological polar surface area (TPSA) is 18.5 Å². The van der Waals surface area contributed by atoms with E-state index in [1.54, 1.807) is 14.2 Å². The molecular weight excluding hydrogens is 240 g/mol. The fraction of sp³-hybridized carbons (Fsp3) is 0.200. The molecule has 2 nitrogen and oxygen atoms in total. The predicted octanol–water partition coefficient (Wildman–Crippen LogP) is 1.84. The molecule has 2 aromatic carbocycles.